The second-order valence-corrected chi connectivity index (χ2v) is 4.81. The Morgan fingerprint density at radius 1 is 1.35 bits per heavy atom. The van der Waals surface area contributed by atoms with Crippen LogP contribution in [0.4, 0.5) is 0 Å². The molecule has 0 aliphatic rings. The summed E-state index contributed by atoms with van der Waals surface area (Å²) in [6.45, 7) is 1.45. The zero-order valence-corrected chi connectivity index (χ0v) is 12.8. The number of methoxy groups -OCH3 is 2. The molecule has 0 saturated heterocycles. The summed E-state index contributed by atoms with van der Waals surface area (Å²) in [6.07, 6.45) is -0.160. The van der Waals surface area contributed by atoms with Crippen molar-refractivity contribution in [1.29, 1.82) is 0 Å². The van der Waals surface area contributed by atoms with Gasteiger partial charge in [0.15, 0.2) is 11.3 Å². The summed E-state index contributed by atoms with van der Waals surface area (Å²) < 4.78 is 14.5. The Morgan fingerprint density at radius 3 is 2.65 bits per heavy atom. The predicted octanol–water partition coefficient (Wildman–Crippen LogP) is 1.66. The number of ether oxygens (including phenoxy) is 2. The van der Waals surface area contributed by atoms with Crippen molar-refractivity contribution in [2.45, 2.75) is 13.0 Å². The molecule has 1 aromatic heterocycles. The monoisotopic (exact) mass is 320 g/mol. The number of hydrogen-bond acceptors (Lipinski definition) is 7. The summed E-state index contributed by atoms with van der Waals surface area (Å²) in [7, 11) is 2.59. The maximum absolute atomic E-state index is 12.0. The highest BCUT2D eigenvalue weighted by molar-refractivity contribution is 5.88. The molecule has 0 bridgehead atoms. The molecule has 0 spiro atoms. The molecule has 0 unspecified atom stereocenters. The molecule has 23 heavy (non-hydrogen) atoms. The lowest BCUT2D eigenvalue weighted by atomic mass is 10.1. The van der Waals surface area contributed by atoms with Crippen LogP contribution in [0.2, 0.25) is 0 Å². The minimum absolute atomic E-state index is 0.0426. The normalized spacial score (nSPS) is 13.0. The molecule has 0 aliphatic heterocycles. The molecule has 122 valence electrons. The molecule has 2 N–H and O–H groups in total. The van der Waals surface area contributed by atoms with Gasteiger partial charge in [-0.25, -0.2) is 9.59 Å². The molecule has 0 amide bonds. The number of aliphatic hydroxyl groups excluding tert-OH is 1. The third-order valence-corrected chi connectivity index (χ3v) is 3.32. The molecule has 2 aromatic rings. The van der Waals surface area contributed by atoms with Crippen molar-refractivity contribution < 1.29 is 28.9 Å². The summed E-state index contributed by atoms with van der Waals surface area (Å²) in [5, 5.41) is 20.5. The second-order valence-electron chi connectivity index (χ2n) is 4.81. The highest BCUT2D eigenvalue weighted by Gasteiger charge is 2.17. The average Bonchev–Trinajstić information content (AvgIpc) is 2.54. The largest absolute Gasteiger partial charge is 0.502 e. The number of carbonyl (C=O) groups excluding carboxylic acids is 1. The molecule has 0 saturated carbocycles. The second kappa shape index (κ2) is 6.53. The number of fused-ring (bicyclic) bond motifs is 1. The van der Waals surface area contributed by atoms with Gasteiger partial charge in [0.2, 0.25) is 5.75 Å². The molecule has 1 atom stereocenters. The maximum Gasteiger partial charge on any atom is 0.342 e. The lowest BCUT2D eigenvalue weighted by Crippen LogP contribution is -2.12. The Kier molecular flexibility index (Phi) is 4.71. The van der Waals surface area contributed by atoms with Gasteiger partial charge in [0, 0.05) is 11.0 Å². The van der Waals surface area contributed by atoms with Crippen LogP contribution >= 0.6 is 0 Å². The molecular formula is C16H16O7. The van der Waals surface area contributed by atoms with Crippen LogP contribution in [0, 0.1) is 0 Å². The first-order valence-electron chi connectivity index (χ1n) is 6.67. The van der Waals surface area contributed by atoms with Crippen LogP contribution in [0.3, 0.4) is 0 Å². The summed E-state index contributed by atoms with van der Waals surface area (Å²) in [5.74, 6) is -0.753. The van der Waals surface area contributed by atoms with Crippen molar-refractivity contribution in [3.63, 3.8) is 0 Å². The minimum atomic E-state index is -1.35. The van der Waals surface area contributed by atoms with Gasteiger partial charge in [0.25, 0.3) is 0 Å². The zero-order valence-electron chi connectivity index (χ0n) is 12.8. The van der Waals surface area contributed by atoms with Crippen molar-refractivity contribution in [2.24, 2.45) is 0 Å². The number of hydrogen-bond donors (Lipinski definition) is 2. The molecule has 1 aromatic carbocycles. The van der Waals surface area contributed by atoms with Crippen LogP contribution in [0.1, 0.15) is 18.6 Å². The van der Waals surface area contributed by atoms with Crippen molar-refractivity contribution in [1.82, 2.24) is 0 Å². The van der Waals surface area contributed by atoms with Gasteiger partial charge in [-0.2, -0.15) is 0 Å². The van der Waals surface area contributed by atoms with Crippen molar-refractivity contribution in [3.8, 4) is 11.5 Å². The van der Waals surface area contributed by atoms with E-state index in [9.17, 15) is 19.8 Å². The first-order valence-corrected chi connectivity index (χ1v) is 6.67. The number of benzene rings is 1. The first-order chi connectivity index (χ1) is 10.9. The Bertz CT molecular complexity index is 832. The van der Waals surface area contributed by atoms with E-state index in [0.29, 0.717) is 5.39 Å². The van der Waals surface area contributed by atoms with Crippen molar-refractivity contribution >= 4 is 16.9 Å². The van der Waals surface area contributed by atoms with Gasteiger partial charge < -0.3 is 24.1 Å². The number of carbonyl (C=O) groups is 1. The predicted molar refractivity (Wildman–Crippen MR) is 81.4 cm³/mol. The fourth-order valence-electron chi connectivity index (χ4n) is 2.09. The Morgan fingerprint density at radius 2 is 2.04 bits per heavy atom. The van der Waals surface area contributed by atoms with E-state index in [4.69, 9.17) is 9.15 Å². The van der Waals surface area contributed by atoms with Gasteiger partial charge in [0.1, 0.15) is 6.10 Å². The number of phenols is 1. The van der Waals surface area contributed by atoms with E-state index in [0.717, 1.165) is 0 Å². The first kappa shape index (κ1) is 16.6. The third kappa shape index (κ3) is 3.19. The molecule has 0 radical (unpaired) electrons. The highest BCUT2D eigenvalue weighted by Crippen LogP contribution is 2.34. The lowest BCUT2D eigenvalue weighted by Gasteiger charge is -2.09. The van der Waals surface area contributed by atoms with Gasteiger partial charge in [0.05, 0.1) is 19.8 Å². The standard InChI is InChI=1S/C16H16O7/c1-8(15(19)22-3)6-11(17)10-7-9-4-5-12(21-2)13(18)14(9)23-16(10)20/h4-7,11,17-18H,1-3H3/t11-/m0/s1. The van der Waals surface area contributed by atoms with Crippen LogP contribution < -0.4 is 10.4 Å². The summed E-state index contributed by atoms with van der Waals surface area (Å²) in [4.78, 5) is 23.4. The van der Waals surface area contributed by atoms with Gasteiger partial charge in [-0.15, -0.1) is 0 Å². The molecule has 0 fully saturated rings. The number of phenolic OH excluding ortho intramolecular Hbond substituents is 1. The lowest BCUT2D eigenvalue weighted by molar-refractivity contribution is -0.136. The van der Waals surface area contributed by atoms with E-state index in [1.165, 1.54) is 39.4 Å². The summed E-state index contributed by atoms with van der Waals surface area (Å²) in [5.41, 5.74) is -0.788. The van der Waals surface area contributed by atoms with Crippen LogP contribution in [-0.2, 0) is 9.53 Å². The van der Waals surface area contributed by atoms with Crippen LogP contribution in [0.5, 0.6) is 11.5 Å². The minimum Gasteiger partial charge on any atom is -0.502 e. The number of aliphatic hydroxyl groups is 1. The number of esters is 1. The molecule has 2 rings (SSSR count). The van der Waals surface area contributed by atoms with Gasteiger partial charge in [-0.1, -0.05) is 0 Å². The molecule has 7 nitrogen and oxygen atoms in total. The SMILES string of the molecule is COC(=O)C(C)=C[C@H](O)c1cc2ccc(OC)c(O)c2oc1=O. The molecule has 1 heterocycles. The van der Waals surface area contributed by atoms with E-state index in [1.54, 1.807) is 6.07 Å². The maximum atomic E-state index is 12.0. The summed E-state index contributed by atoms with van der Waals surface area (Å²) in [6, 6.07) is 4.46. The Hall–Kier alpha value is -2.80. The topological polar surface area (TPSA) is 106 Å². The van der Waals surface area contributed by atoms with Crippen LogP contribution in [0.25, 0.3) is 11.0 Å². The van der Waals surface area contributed by atoms with Crippen molar-refractivity contribution in [3.05, 3.63) is 45.8 Å². The Labute approximate surface area is 131 Å². The van der Waals surface area contributed by atoms with E-state index < -0.39 is 17.7 Å². The van der Waals surface area contributed by atoms with Crippen LogP contribution in [-0.4, -0.2) is 30.4 Å². The smallest absolute Gasteiger partial charge is 0.342 e. The molecule has 0 aliphatic carbocycles. The molecular weight excluding hydrogens is 304 g/mol. The Balaban J connectivity index is 2.53. The number of rotatable bonds is 4. The van der Waals surface area contributed by atoms with E-state index in [-0.39, 0.29) is 28.2 Å². The van der Waals surface area contributed by atoms with E-state index in [1.807, 2.05) is 0 Å². The van der Waals surface area contributed by atoms with Gasteiger partial charge >= 0.3 is 11.6 Å². The van der Waals surface area contributed by atoms with E-state index in [2.05, 4.69) is 4.74 Å². The zero-order chi connectivity index (χ0) is 17.1. The fraction of sp³-hybridized carbons (Fsp3) is 0.250. The average molecular weight is 320 g/mol. The third-order valence-electron chi connectivity index (χ3n) is 3.32. The quantitative estimate of drug-likeness (QED) is 0.501. The number of aromatic hydroxyl groups is 1. The van der Waals surface area contributed by atoms with Gasteiger partial charge in [-0.05, 0) is 31.2 Å². The highest BCUT2D eigenvalue weighted by atomic mass is 16.5. The van der Waals surface area contributed by atoms with E-state index >= 15 is 0 Å². The fourth-order valence-corrected chi connectivity index (χ4v) is 2.09. The molecule has 7 heteroatoms. The summed E-state index contributed by atoms with van der Waals surface area (Å²) >= 11 is 0. The van der Waals surface area contributed by atoms with Gasteiger partial charge in [-0.3, -0.25) is 0 Å². The van der Waals surface area contributed by atoms with Crippen molar-refractivity contribution in [2.75, 3.05) is 14.2 Å². The van der Waals surface area contributed by atoms with Crippen LogP contribution in [0.15, 0.2) is 39.1 Å².